The molecule has 1 aliphatic heterocycles. The summed E-state index contributed by atoms with van der Waals surface area (Å²) in [5.74, 6) is 0. The van der Waals surface area contributed by atoms with Crippen molar-refractivity contribution in [3.8, 4) is 0 Å². The molecule has 1 amide bonds. The van der Waals surface area contributed by atoms with Gasteiger partial charge in [-0.3, -0.25) is 4.90 Å². The summed E-state index contributed by atoms with van der Waals surface area (Å²) in [6, 6.07) is 4.03. The highest BCUT2D eigenvalue weighted by atomic mass is 19.4. The van der Waals surface area contributed by atoms with Gasteiger partial charge in [0.1, 0.15) is 5.60 Å². The molecule has 0 spiro atoms. The first-order valence-corrected chi connectivity index (χ1v) is 6.82. The fraction of sp³-hybridized carbons (Fsp3) is 0.533. The van der Waals surface area contributed by atoms with Gasteiger partial charge in [-0.05, 0) is 37.5 Å². The van der Waals surface area contributed by atoms with Crippen molar-refractivity contribution in [3.63, 3.8) is 0 Å². The maximum absolute atomic E-state index is 12.5. The summed E-state index contributed by atoms with van der Waals surface area (Å²) in [4.78, 5) is 13.4. The van der Waals surface area contributed by atoms with E-state index < -0.39 is 24.0 Å². The maximum atomic E-state index is 12.5. The van der Waals surface area contributed by atoms with Crippen molar-refractivity contribution < 1.29 is 27.8 Å². The fourth-order valence-electron chi connectivity index (χ4n) is 2.23. The van der Waals surface area contributed by atoms with Crippen LogP contribution >= 0.6 is 0 Å². The number of ether oxygens (including phenoxy) is 1. The molecule has 0 aliphatic carbocycles. The third kappa shape index (κ3) is 3.71. The number of amides is 1. The second-order valence-electron chi connectivity index (χ2n) is 6.31. The topological polar surface area (TPSA) is 49.8 Å². The SMILES string of the molecule is CC(C)(C)OC(=O)N1Cc2ccc(C(O)C(F)(F)F)cc2C1. The summed E-state index contributed by atoms with van der Waals surface area (Å²) in [7, 11) is 0. The number of aliphatic hydroxyl groups excluding tert-OH is 1. The van der Waals surface area contributed by atoms with Crippen molar-refractivity contribution in [2.45, 2.75) is 51.7 Å². The maximum Gasteiger partial charge on any atom is 0.418 e. The molecule has 1 aromatic carbocycles. The molecule has 0 aromatic heterocycles. The van der Waals surface area contributed by atoms with Crippen molar-refractivity contribution in [2.75, 3.05) is 0 Å². The van der Waals surface area contributed by atoms with Gasteiger partial charge >= 0.3 is 12.3 Å². The predicted molar refractivity (Wildman–Crippen MR) is 72.9 cm³/mol. The Balaban J connectivity index is 2.14. The quantitative estimate of drug-likeness (QED) is 0.862. The minimum Gasteiger partial charge on any atom is -0.444 e. The minimum absolute atomic E-state index is 0.169. The van der Waals surface area contributed by atoms with Crippen LogP contribution in [-0.2, 0) is 17.8 Å². The van der Waals surface area contributed by atoms with Gasteiger partial charge in [0.05, 0.1) is 0 Å². The molecule has 0 saturated carbocycles. The van der Waals surface area contributed by atoms with E-state index in [0.717, 1.165) is 5.56 Å². The second kappa shape index (κ2) is 5.46. The lowest BCUT2D eigenvalue weighted by Gasteiger charge is -2.24. The zero-order chi connectivity index (χ0) is 16.7. The second-order valence-corrected chi connectivity index (χ2v) is 6.31. The number of halogens is 3. The molecular weight excluding hydrogens is 299 g/mol. The Kier molecular flexibility index (Phi) is 4.12. The molecule has 7 heteroatoms. The number of hydrogen-bond acceptors (Lipinski definition) is 3. The number of carbonyl (C=O) groups is 1. The molecular formula is C15H18F3NO3. The van der Waals surface area contributed by atoms with E-state index in [1.807, 2.05) is 0 Å². The summed E-state index contributed by atoms with van der Waals surface area (Å²) >= 11 is 0. The van der Waals surface area contributed by atoms with Crippen LogP contribution in [-0.4, -0.2) is 27.9 Å². The highest BCUT2D eigenvalue weighted by molar-refractivity contribution is 5.69. The van der Waals surface area contributed by atoms with E-state index in [0.29, 0.717) is 5.56 Å². The largest absolute Gasteiger partial charge is 0.444 e. The van der Waals surface area contributed by atoms with Crippen LogP contribution in [0.2, 0.25) is 0 Å². The Morgan fingerprint density at radius 1 is 1.23 bits per heavy atom. The van der Waals surface area contributed by atoms with Crippen LogP contribution in [0, 0.1) is 0 Å². The van der Waals surface area contributed by atoms with Crippen molar-refractivity contribution >= 4 is 6.09 Å². The van der Waals surface area contributed by atoms with Gasteiger partial charge in [0, 0.05) is 13.1 Å². The van der Waals surface area contributed by atoms with E-state index in [2.05, 4.69) is 0 Å². The third-order valence-electron chi connectivity index (χ3n) is 3.23. The molecule has 0 fully saturated rings. The summed E-state index contributed by atoms with van der Waals surface area (Å²) in [5, 5.41) is 9.29. The van der Waals surface area contributed by atoms with Crippen molar-refractivity contribution in [2.24, 2.45) is 0 Å². The molecule has 1 aromatic rings. The normalized spacial score (nSPS) is 16.4. The highest BCUT2D eigenvalue weighted by Crippen LogP contribution is 2.35. The Labute approximate surface area is 126 Å². The first-order chi connectivity index (χ1) is 9.97. The molecule has 1 aliphatic rings. The smallest absolute Gasteiger partial charge is 0.418 e. The summed E-state index contributed by atoms with van der Waals surface area (Å²) in [6.45, 7) is 5.68. The van der Waals surface area contributed by atoms with Crippen LogP contribution in [0.3, 0.4) is 0 Å². The van der Waals surface area contributed by atoms with Gasteiger partial charge in [-0.15, -0.1) is 0 Å². The number of aliphatic hydroxyl groups is 1. The Morgan fingerprint density at radius 2 is 1.82 bits per heavy atom. The van der Waals surface area contributed by atoms with Crippen LogP contribution in [0.15, 0.2) is 18.2 Å². The van der Waals surface area contributed by atoms with Gasteiger partial charge in [-0.1, -0.05) is 18.2 Å². The molecule has 1 N–H and O–H groups in total. The van der Waals surface area contributed by atoms with Crippen LogP contribution < -0.4 is 0 Å². The fourth-order valence-corrected chi connectivity index (χ4v) is 2.23. The van der Waals surface area contributed by atoms with Gasteiger partial charge in [0.25, 0.3) is 0 Å². The third-order valence-corrected chi connectivity index (χ3v) is 3.23. The van der Waals surface area contributed by atoms with E-state index in [1.54, 1.807) is 20.8 Å². The van der Waals surface area contributed by atoms with Gasteiger partial charge in [0.2, 0.25) is 0 Å². The first-order valence-electron chi connectivity index (χ1n) is 6.82. The van der Waals surface area contributed by atoms with Crippen molar-refractivity contribution in [1.29, 1.82) is 0 Å². The molecule has 22 heavy (non-hydrogen) atoms. The molecule has 4 nitrogen and oxygen atoms in total. The molecule has 0 saturated heterocycles. The van der Waals surface area contributed by atoms with Crippen molar-refractivity contribution in [3.05, 3.63) is 34.9 Å². The van der Waals surface area contributed by atoms with E-state index in [4.69, 9.17) is 4.74 Å². The zero-order valence-corrected chi connectivity index (χ0v) is 12.6. The Hall–Kier alpha value is -1.76. The number of carbonyl (C=O) groups excluding carboxylic acids is 1. The average molecular weight is 317 g/mol. The van der Waals surface area contributed by atoms with Gasteiger partial charge in [-0.25, -0.2) is 4.79 Å². The number of nitrogens with zero attached hydrogens (tertiary/aromatic N) is 1. The number of rotatable bonds is 1. The summed E-state index contributed by atoms with van der Waals surface area (Å²) < 4.78 is 42.9. The van der Waals surface area contributed by atoms with Crippen LogP contribution in [0.1, 0.15) is 43.6 Å². The van der Waals surface area contributed by atoms with Crippen LogP contribution in [0.5, 0.6) is 0 Å². The lowest BCUT2D eigenvalue weighted by molar-refractivity contribution is -0.206. The van der Waals surface area contributed by atoms with Gasteiger partial charge in [-0.2, -0.15) is 13.2 Å². The molecule has 2 rings (SSSR count). The molecule has 122 valence electrons. The van der Waals surface area contributed by atoms with E-state index in [9.17, 15) is 23.1 Å². The molecule has 0 radical (unpaired) electrons. The van der Waals surface area contributed by atoms with Crippen LogP contribution in [0.4, 0.5) is 18.0 Å². The zero-order valence-electron chi connectivity index (χ0n) is 12.6. The highest BCUT2D eigenvalue weighted by Gasteiger charge is 2.40. The molecule has 0 bridgehead atoms. The standard InChI is InChI=1S/C15H18F3NO3/c1-14(2,3)22-13(21)19-7-10-5-4-9(6-11(10)8-19)12(20)15(16,17)18/h4-6,12,20H,7-8H2,1-3H3. The molecule has 1 heterocycles. The summed E-state index contributed by atoms with van der Waals surface area (Å²) in [6.07, 6.45) is -7.74. The Morgan fingerprint density at radius 3 is 2.36 bits per heavy atom. The monoisotopic (exact) mass is 317 g/mol. The predicted octanol–water partition coefficient (Wildman–Crippen LogP) is 3.53. The van der Waals surface area contributed by atoms with E-state index >= 15 is 0 Å². The summed E-state index contributed by atoms with van der Waals surface area (Å²) in [5.41, 5.74) is 0.483. The number of fused-ring (bicyclic) bond motifs is 1. The average Bonchev–Trinajstić information content (AvgIpc) is 2.77. The molecule has 1 atom stereocenters. The van der Waals surface area contributed by atoms with Crippen molar-refractivity contribution in [1.82, 2.24) is 4.90 Å². The van der Waals surface area contributed by atoms with Gasteiger partial charge < -0.3 is 9.84 Å². The Bertz CT molecular complexity index is 578. The first kappa shape index (κ1) is 16.6. The lowest BCUT2D eigenvalue weighted by Crippen LogP contribution is -2.33. The number of alkyl halides is 3. The van der Waals surface area contributed by atoms with E-state index in [-0.39, 0.29) is 18.7 Å². The van der Waals surface area contributed by atoms with Crippen LogP contribution in [0.25, 0.3) is 0 Å². The van der Waals surface area contributed by atoms with Gasteiger partial charge in [0.15, 0.2) is 6.10 Å². The molecule has 1 unspecified atom stereocenters. The number of benzene rings is 1. The van der Waals surface area contributed by atoms with E-state index in [1.165, 1.54) is 23.1 Å². The minimum atomic E-state index is -4.71. The lowest BCUT2D eigenvalue weighted by atomic mass is 10.0. The number of hydrogen-bond donors (Lipinski definition) is 1.